The molecule has 2 rings (SSSR count). The number of halogens is 3. The molecule has 82 valence electrons. The molecule has 0 atom stereocenters. The molecule has 0 saturated carbocycles. The van der Waals surface area contributed by atoms with Crippen molar-refractivity contribution >= 4 is 15.9 Å². The summed E-state index contributed by atoms with van der Waals surface area (Å²) in [5, 5.41) is 0. The highest BCUT2D eigenvalue weighted by atomic mass is 79.9. The van der Waals surface area contributed by atoms with E-state index in [-0.39, 0.29) is 5.56 Å². The van der Waals surface area contributed by atoms with E-state index in [0.717, 1.165) is 10.0 Å². The Balaban J connectivity index is 2.55. The van der Waals surface area contributed by atoms with Crippen LogP contribution in [0.4, 0.5) is 8.78 Å². The number of hydrogen-bond acceptors (Lipinski definition) is 0. The summed E-state index contributed by atoms with van der Waals surface area (Å²) in [6.45, 7) is 0. The van der Waals surface area contributed by atoms with Crippen LogP contribution in [-0.4, -0.2) is 0 Å². The third-order valence-electron chi connectivity index (χ3n) is 2.33. The molecule has 0 aliphatic heterocycles. The normalized spacial score (nSPS) is 10.8. The van der Waals surface area contributed by atoms with Crippen molar-refractivity contribution in [1.29, 1.82) is 0 Å². The Hall–Kier alpha value is -1.22. The average Bonchev–Trinajstić information content (AvgIpc) is 2.29. The van der Waals surface area contributed by atoms with Crippen LogP contribution in [-0.2, 0) is 0 Å². The highest BCUT2D eigenvalue weighted by Gasteiger charge is 2.13. The van der Waals surface area contributed by atoms with Crippen molar-refractivity contribution in [2.75, 3.05) is 0 Å². The summed E-state index contributed by atoms with van der Waals surface area (Å²) in [6, 6.07) is 13.9. The summed E-state index contributed by atoms with van der Waals surface area (Å²) < 4.78 is 26.5. The molecule has 16 heavy (non-hydrogen) atoms. The van der Waals surface area contributed by atoms with Crippen LogP contribution in [0.2, 0.25) is 0 Å². The Labute approximate surface area is 101 Å². The minimum atomic E-state index is -2.45. The van der Waals surface area contributed by atoms with Gasteiger partial charge in [0, 0.05) is 10.0 Å². The molecule has 0 aliphatic rings. The topological polar surface area (TPSA) is 0 Å². The fraction of sp³-hybridized carbons (Fsp3) is 0.0769. The maximum absolute atomic E-state index is 12.8. The first-order chi connectivity index (χ1) is 7.68. The summed E-state index contributed by atoms with van der Waals surface area (Å²) in [5.41, 5.74) is 1.45. The van der Waals surface area contributed by atoms with Crippen LogP contribution < -0.4 is 0 Å². The molecule has 0 radical (unpaired) electrons. The molecule has 0 unspecified atom stereocenters. The van der Waals surface area contributed by atoms with Crippen LogP contribution >= 0.6 is 15.9 Å². The molecule has 0 heterocycles. The molecule has 0 aromatic heterocycles. The molecule has 0 N–H and O–H groups in total. The van der Waals surface area contributed by atoms with Gasteiger partial charge in [-0.25, -0.2) is 8.78 Å². The van der Waals surface area contributed by atoms with Gasteiger partial charge in [-0.1, -0.05) is 52.3 Å². The number of alkyl halides is 2. The smallest absolute Gasteiger partial charge is 0.205 e. The van der Waals surface area contributed by atoms with Crippen LogP contribution in [0.15, 0.2) is 53.0 Å². The number of hydrogen-bond donors (Lipinski definition) is 0. The number of benzene rings is 2. The minimum absolute atomic E-state index is 0.0700. The second-order valence-electron chi connectivity index (χ2n) is 3.40. The molecule has 0 aliphatic carbocycles. The minimum Gasteiger partial charge on any atom is -0.205 e. The Morgan fingerprint density at radius 1 is 0.938 bits per heavy atom. The van der Waals surface area contributed by atoms with Gasteiger partial charge in [0.25, 0.3) is 6.43 Å². The lowest BCUT2D eigenvalue weighted by atomic mass is 10.0. The molecule has 0 nitrogen and oxygen atoms in total. The first-order valence-corrected chi connectivity index (χ1v) is 5.61. The van der Waals surface area contributed by atoms with E-state index in [1.165, 1.54) is 6.07 Å². The van der Waals surface area contributed by atoms with Crippen LogP contribution in [0.1, 0.15) is 12.0 Å². The molecule has 0 amide bonds. The Kier molecular flexibility index (Phi) is 3.34. The maximum Gasteiger partial charge on any atom is 0.264 e. The molecule has 0 fully saturated rings. The largest absolute Gasteiger partial charge is 0.264 e. The van der Waals surface area contributed by atoms with Gasteiger partial charge in [0.05, 0.1) is 0 Å². The summed E-state index contributed by atoms with van der Waals surface area (Å²) in [6.07, 6.45) is -2.45. The first-order valence-electron chi connectivity index (χ1n) is 4.81. The van der Waals surface area contributed by atoms with Crippen molar-refractivity contribution in [2.45, 2.75) is 6.43 Å². The zero-order valence-corrected chi connectivity index (χ0v) is 9.92. The lowest BCUT2D eigenvalue weighted by Gasteiger charge is -2.08. The summed E-state index contributed by atoms with van der Waals surface area (Å²) in [5.74, 6) is 0. The molecule has 0 saturated heterocycles. The van der Waals surface area contributed by atoms with E-state index in [1.54, 1.807) is 18.2 Å². The molecular weight excluding hydrogens is 274 g/mol. The van der Waals surface area contributed by atoms with Crippen molar-refractivity contribution in [3.8, 4) is 11.1 Å². The standard InChI is InChI=1S/C13H9BrF2/c14-10-5-3-4-9(8-10)11-6-1-2-7-12(11)13(15)16/h1-8,13H. The van der Waals surface area contributed by atoms with Crippen LogP contribution in [0.25, 0.3) is 11.1 Å². The van der Waals surface area contributed by atoms with Crippen molar-refractivity contribution < 1.29 is 8.78 Å². The van der Waals surface area contributed by atoms with E-state index in [0.29, 0.717) is 5.56 Å². The van der Waals surface area contributed by atoms with E-state index in [9.17, 15) is 8.78 Å². The fourth-order valence-electron chi connectivity index (χ4n) is 1.61. The van der Waals surface area contributed by atoms with Gasteiger partial charge in [0.2, 0.25) is 0 Å². The van der Waals surface area contributed by atoms with Gasteiger partial charge < -0.3 is 0 Å². The fourth-order valence-corrected chi connectivity index (χ4v) is 2.01. The maximum atomic E-state index is 12.8. The van der Waals surface area contributed by atoms with Gasteiger partial charge in [-0.2, -0.15) is 0 Å². The van der Waals surface area contributed by atoms with Crippen LogP contribution in [0.3, 0.4) is 0 Å². The third-order valence-corrected chi connectivity index (χ3v) is 2.82. The lowest BCUT2D eigenvalue weighted by molar-refractivity contribution is 0.152. The molecular formula is C13H9BrF2. The second-order valence-corrected chi connectivity index (χ2v) is 4.31. The van der Waals surface area contributed by atoms with Crippen molar-refractivity contribution in [3.05, 3.63) is 58.6 Å². The SMILES string of the molecule is FC(F)c1ccccc1-c1cccc(Br)c1. The monoisotopic (exact) mass is 282 g/mol. The molecule has 3 heteroatoms. The summed E-state index contributed by atoms with van der Waals surface area (Å²) in [7, 11) is 0. The Bertz CT molecular complexity index is 495. The van der Waals surface area contributed by atoms with Gasteiger partial charge in [-0.15, -0.1) is 0 Å². The van der Waals surface area contributed by atoms with Crippen molar-refractivity contribution in [2.24, 2.45) is 0 Å². The van der Waals surface area contributed by atoms with Gasteiger partial charge in [-0.05, 0) is 23.3 Å². The lowest BCUT2D eigenvalue weighted by Crippen LogP contribution is -1.89. The van der Waals surface area contributed by atoms with Gasteiger partial charge in [-0.3, -0.25) is 0 Å². The van der Waals surface area contributed by atoms with Gasteiger partial charge in [0.15, 0.2) is 0 Å². The van der Waals surface area contributed by atoms with Crippen molar-refractivity contribution in [1.82, 2.24) is 0 Å². The third kappa shape index (κ3) is 2.30. The summed E-state index contributed by atoms with van der Waals surface area (Å²) >= 11 is 3.33. The van der Waals surface area contributed by atoms with Crippen LogP contribution in [0, 0.1) is 0 Å². The predicted molar refractivity (Wildman–Crippen MR) is 64.5 cm³/mol. The Morgan fingerprint density at radius 3 is 2.38 bits per heavy atom. The highest BCUT2D eigenvalue weighted by molar-refractivity contribution is 9.10. The zero-order valence-electron chi connectivity index (χ0n) is 8.33. The average molecular weight is 283 g/mol. The van der Waals surface area contributed by atoms with Gasteiger partial charge in [0.1, 0.15) is 0 Å². The zero-order chi connectivity index (χ0) is 11.5. The van der Waals surface area contributed by atoms with Crippen molar-refractivity contribution in [3.63, 3.8) is 0 Å². The van der Waals surface area contributed by atoms with E-state index < -0.39 is 6.43 Å². The van der Waals surface area contributed by atoms with Gasteiger partial charge >= 0.3 is 0 Å². The van der Waals surface area contributed by atoms with E-state index >= 15 is 0 Å². The quantitative estimate of drug-likeness (QED) is 0.723. The number of rotatable bonds is 2. The molecule has 2 aromatic rings. The molecule has 0 bridgehead atoms. The predicted octanol–water partition coefficient (Wildman–Crippen LogP) is 5.05. The van der Waals surface area contributed by atoms with E-state index in [4.69, 9.17) is 0 Å². The highest BCUT2D eigenvalue weighted by Crippen LogP contribution is 2.31. The molecule has 2 aromatic carbocycles. The summed E-state index contributed by atoms with van der Waals surface area (Å²) in [4.78, 5) is 0. The molecule has 0 spiro atoms. The first kappa shape index (κ1) is 11.3. The Morgan fingerprint density at radius 2 is 1.69 bits per heavy atom. The van der Waals surface area contributed by atoms with Crippen LogP contribution in [0.5, 0.6) is 0 Å². The second kappa shape index (κ2) is 4.74. The van der Waals surface area contributed by atoms with E-state index in [1.807, 2.05) is 24.3 Å². The van der Waals surface area contributed by atoms with E-state index in [2.05, 4.69) is 15.9 Å².